The molecule has 2 aromatic heterocycles. The van der Waals surface area contributed by atoms with Gasteiger partial charge in [-0.1, -0.05) is 0 Å². The summed E-state index contributed by atoms with van der Waals surface area (Å²) in [6, 6.07) is 0.0688. The normalized spacial score (nSPS) is 25.3. The van der Waals surface area contributed by atoms with Gasteiger partial charge < -0.3 is 15.4 Å². The Bertz CT molecular complexity index is 523. The molecule has 1 aliphatic carbocycles. The lowest BCUT2D eigenvalue weighted by Crippen LogP contribution is -2.17. The van der Waals surface area contributed by atoms with Gasteiger partial charge in [-0.05, 0) is 19.3 Å². The average Bonchev–Trinajstić information content (AvgIpc) is 2.84. The van der Waals surface area contributed by atoms with Gasteiger partial charge in [0.05, 0.1) is 18.5 Å². The monoisotopic (exact) mass is 219 g/mol. The zero-order valence-corrected chi connectivity index (χ0v) is 8.74. The molecule has 2 heterocycles. The van der Waals surface area contributed by atoms with Crippen LogP contribution in [0, 0.1) is 0 Å². The average molecular weight is 219 g/mol. The number of fused-ring (bicyclic) bond motifs is 1. The SMILES string of the molecule is Nc1ncnc2c1ncn2C1CCCC1O. The van der Waals surface area contributed by atoms with Gasteiger partial charge in [-0.3, -0.25) is 0 Å². The van der Waals surface area contributed by atoms with E-state index in [1.54, 1.807) is 6.33 Å². The van der Waals surface area contributed by atoms with Crippen LogP contribution in [0.1, 0.15) is 25.3 Å². The lowest BCUT2D eigenvalue weighted by Gasteiger charge is -2.16. The maximum atomic E-state index is 9.87. The van der Waals surface area contributed by atoms with Crippen LogP contribution in [-0.4, -0.2) is 30.7 Å². The number of aliphatic hydroxyl groups is 1. The number of imidazole rings is 1. The van der Waals surface area contributed by atoms with Gasteiger partial charge in [-0.2, -0.15) is 0 Å². The first-order chi connectivity index (χ1) is 7.77. The summed E-state index contributed by atoms with van der Waals surface area (Å²) in [5.41, 5.74) is 7.03. The second-order valence-electron chi connectivity index (χ2n) is 4.15. The molecule has 16 heavy (non-hydrogen) atoms. The number of rotatable bonds is 1. The molecule has 1 fully saturated rings. The van der Waals surface area contributed by atoms with Crippen molar-refractivity contribution < 1.29 is 5.11 Å². The second kappa shape index (κ2) is 3.41. The smallest absolute Gasteiger partial charge is 0.165 e. The van der Waals surface area contributed by atoms with E-state index in [4.69, 9.17) is 5.73 Å². The molecule has 6 heteroatoms. The van der Waals surface area contributed by atoms with Crippen LogP contribution >= 0.6 is 0 Å². The van der Waals surface area contributed by atoms with Gasteiger partial charge in [0.1, 0.15) is 11.8 Å². The molecule has 0 aliphatic heterocycles. The number of hydrogen-bond donors (Lipinski definition) is 2. The molecule has 1 aliphatic rings. The number of anilines is 1. The number of aliphatic hydroxyl groups excluding tert-OH is 1. The van der Waals surface area contributed by atoms with Crippen molar-refractivity contribution in [2.45, 2.75) is 31.4 Å². The van der Waals surface area contributed by atoms with Gasteiger partial charge in [-0.25, -0.2) is 15.0 Å². The van der Waals surface area contributed by atoms with Gasteiger partial charge in [0.2, 0.25) is 0 Å². The topological polar surface area (TPSA) is 89.9 Å². The van der Waals surface area contributed by atoms with E-state index in [0.717, 1.165) is 19.3 Å². The first-order valence-electron chi connectivity index (χ1n) is 5.38. The Morgan fingerprint density at radius 1 is 1.31 bits per heavy atom. The fourth-order valence-electron chi connectivity index (χ4n) is 2.36. The first-order valence-corrected chi connectivity index (χ1v) is 5.38. The van der Waals surface area contributed by atoms with Gasteiger partial charge in [-0.15, -0.1) is 0 Å². The zero-order chi connectivity index (χ0) is 11.1. The summed E-state index contributed by atoms with van der Waals surface area (Å²) < 4.78 is 1.91. The van der Waals surface area contributed by atoms with E-state index in [1.165, 1.54) is 6.33 Å². The Morgan fingerprint density at radius 3 is 2.94 bits per heavy atom. The number of nitrogens with zero attached hydrogens (tertiary/aromatic N) is 4. The van der Waals surface area contributed by atoms with E-state index in [0.29, 0.717) is 17.0 Å². The Hall–Kier alpha value is -1.69. The van der Waals surface area contributed by atoms with Crippen molar-refractivity contribution in [3.63, 3.8) is 0 Å². The van der Waals surface area contributed by atoms with E-state index < -0.39 is 0 Å². The molecule has 0 spiro atoms. The van der Waals surface area contributed by atoms with Gasteiger partial charge >= 0.3 is 0 Å². The van der Waals surface area contributed by atoms with Crippen molar-refractivity contribution in [2.24, 2.45) is 0 Å². The number of aromatic nitrogens is 4. The summed E-state index contributed by atoms with van der Waals surface area (Å²) in [6.45, 7) is 0. The predicted molar refractivity (Wildman–Crippen MR) is 58.6 cm³/mol. The minimum atomic E-state index is -0.311. The third-order valence-electron chi connectivity index (χ3n) is 3.19. The fourth-order valence-corrected chi connectivity index (χ4v) is 2.36. The van der Waals surface area contributed by atoms with E-state index in [9.17, 15) is 5.11 Å². The molecular formula is C10H13N5O. The zero-order valence-electron chi connectivity index (χ0n) is 8.74. The van der Waals surface area contributed by atoms with Crippen LogP contribution < -0.4 is 5.73 Å². The number of nitrogen functional groups attached to an aromatic ring is 1. The summed E-state index contributed by atoms with van der Waals surface area (Å²) >= 11 is 0. The highest BCUT2D eigenvalue weighted by Crippen LogP contribution is 2.32. The molecule has 0 radical (unpaired) electrons. The van der Waals surface area contributed by atoms with Gasteiger partial charge in [0.15, 0.2) is 11.5 Å². The van der Waals surface area contributed by atoms with Crippen LogP contribution in [-0.2, 0) is 0 Å². The predicted octanol–water partition coefficient (Wildman–Crippen LogP) is 0.494. The van der Waals surface area contributed by atoms with Gasteiger partial charge in [0.25, 0.3) is 0 Å². The molecule has 0 aromatic carbocycles. The third kappa shape index (κ3) is 1.26. The van der Waals surface area contributed by atoms with E-state index >= 15 is 0 Å². The highest BCUT2D eigenvalue weighted by atomic mass is 16.3. The van der Waals surface area contributed by atoms with E-state index in [1.807, 2.05) is 4.57 Å². The van der Waals surface area contributed by atoms with Gasteiger partial charge in [0, 0.05) is 0 Å². The van der Waals surface area contributed by atoms with E-state index in [2.05, 4.69) is 15.0 Å². The summed E-state index contributed by atoms with van der Waals surface area (Å²) in [7, 11) is 0. The molecular weight excluding hydrogens is 206 g/mol. The molecule has 0 amide bonds. The van der Waals surface area contributed by atoms with Crippen molar-refractivity contribution in [3.05, 3.63) is 12.7 Å². The van der Waals surface area contributed by atoms with Crippen LogP contribution in [0.15, 0.2) is 12.7 Å². The summed E-state index contributed by atoms with van der Waals surface area (Å²) in [5.74, 6) is 0.385. The standard InChI is InChI=1S/C10H13N5O/c11-9-8-10(13-4-12-9)15(5-14-8)6-2-1-3-7(6)16/h4-7,16H,1-3H2,(H2,11,12,13). The van der Waals surface area contributed by atoms with E-state index in [-0.39, 0.29) is 12.1 Å². The fraction of sp³-hybridized carbons (Fsp3) is 0.500. The summed E-state index contributed by atoms with van der Waals surface area (Å²) in [5, 5.41) is 9.87. The maximum absolute atomic E-state index is 9.87. The minimum absolute atomic E-state index is 0.0688. The molecule has 3 rings (SSSR count). The van der Waals surface area contributed by atoms with Crippen molar-refractivity contribution in [3.8, 4) is 0 Å². The summed E-state index contributed by atoms with van der Waals surface area (Å²) in [6.07, 6.45) is 5.63. The molecule has 0 saturated heterocycles. The molecule has 1 saturated carbocycles. The van der Waals surface area contributed by atoms with Crippen molar-refractivity contribution in [2.75, 3.05) is 5.73 Å². The molecule has 2 unspecified atom stereocenters. The molecule has 84 valence electrons. The molecule has 2 atom stereocenters. The Labute approximate surface area is 92.1 Å². The molecule has 3 N–H and O–H groups in total. The van der Waals surface area contributed by atoms with Crippen LogP contribution in [0.3, 0.4) is 0 Å². The first kappa shape index (κ1) is 9.53. The second-order valence-corrected chi connectivity index (χ2v) is 4.15. The molecule has 6 nitrogen and oxygen atoms in total. The highest BCUT2D eigenvalue weighted by Gasteiger charge is 2.28. The van der Waals surface area contributed by atoms with Crippen LogP contribution in [0.4, 0.5) is 5.82 Å². The Balaban J connectivity index is 2.14. The lowest BCUT2D eigenvalue weighted by molar-refractivity contribution is 0.138. The Morgan fingerprint density at radius 2 is 2.19 bits per heavy atom. The van der Waals surface area contributed by atoms with Crippen molar-refractivity contribution in [1.29, 1.82) is 0 Å². The number of nitrogens with two attached hydrogens (primary N) is 1. The van der Waals surface area contributed by atoms with Crippen LogP contribution in [0.25, 0.3) is 11.2 Å². The Kier molecular flexibility index (Phi) is 2.03. The molecule has 0 bridgehead atoms. The maximum Gasteiger partial charge on any atom is 0.165 e. The van der Waals surface area contributed by atoms with Crippen LogP contribution in [0.2, 0.25) is 0 Å². The largest absolute Gasteiger partial charge is 0.391 e. The minimum Gasteiger partial charge on any atom is -0.391 e. The summed E-state index contributed by atoms with van der Waals surface area (Å²) in [4.78, 5) is 12.3. The number of hydrogen-bond acceptors (Lipinski definition) is 5. The van der Waals surface area contributed by atoms with Crippen molar-refractivity contribution in [1.82, 2.24) is 19.5 Å². The molecule has 2 aromatic rings. The van der Waals surface area contributed by atoms with Crippen molar-refractivity contribution >= 4 is 17.0 Å². The quantitative estimate of drug-likeness (QED) is 0.728. The highest BCUT2D eigenvalue weighted by molar-refractivity contribution is 5.81. The van der Waals surface area contributed by atoms with Crippen LogP contribution in [0.5, 0.6) is 0 Å². The lowest BCUT2D eigenvalue weighted by atomic mass is 10.2. The third-order valence-corrected chi connectivity index (χ3v) is 3.19.